The van der Waals surface area contributed by atoms with Crippen molar-refractivity contribution in [2.75, 3.05) is 7.11 Å². The van der Waals surface area contributed by atoms with Crippen LogP contribution >= 0.6 is 0 Å². The lowest BCUT2D eigenvalue weighted by Crippen LogP contribution is -2.60. The molecule has 1 aliphatic carbocycles. The van der Waals surface area contributed by atoms with Crippen molar-refractivity contribution in [1.82, 2.24) is 10.6 Å². The van der Waals surface area contributed by atoms with Crippen molar-refractivity contribution in [3.05, 3.63) is 65.7 Å². The zero-order chi connectivity index (χ0) is 26.2. The van der Waals surface area contributed by atoms with Crippen molar-refractivity contribution < 1.29 is 28.6 Å². The van der Waals surface area contributed by atoms with Crippen LogP contribution in [0.2, 0.25) is 0 Å². The second-order valence-corrected chi connectivity index (χ2v) is 10.1. The van der Waals surface area contributed by atoms with Gasteiger partial charge in [-0.25, -0.2) is 9.59 Å². The van der Waals surface area contributed by atoms with E-state index in [1.807, 2.05) is 42.5 Å². The number of ether oxygens (including phenoxy) is 3. The summed E-state index contributed by atoms with van der Waals surface area (Å²) in [6.07, 6.45) is 2.07. The molecule has 8 nitrogen and oxygen atoms in total. The maximum absolute atomic E-state index is 13.5. The third-order valence-corrected chi connectivity index (χ3v) is 6.04. The second-order valence-electron chi connectivity index (χ2n) is 10.1. The first-order valence-corrected chi connectivity index (χ1v) is 12.3. The Morgan fingerprint density at radius 1 is 0.944 bits per heavy atom. The highest BCUT2D eigenvalue weighted by atomic mass is 16.6. The molecule has 0 radical (unpaired) electrons. The van der Waals surface area contributed by atoms with Gasteiger partial charge >= 0.3 is 12.1 Å². The molecule has 36 heavy (non-hydrogen) atoms. The minimum Gasteiger partial charge on any atom is -0.497 e. The molecule has 1 fully saturated rings. The van der Waals surface area contributed by atoms with Crippen LogP contribution < -0.4 is 15.4 Å². The molecule has 0 unspecified atom stereocenters. The molecule has 0 heterocycles. The molecule has 0 saturated heterocycles. The molecular formula is C28H36N2O6. The number of benzene rings is 2. The van der Waals surface area contributed by atoms with Crippen LogP contribution in [0.1, 0.15) is 57.6 Å². The van der Waals surface area contributed by atoms with Crippen LogP contribution in [-0.4, -0.2) is 42.3 Å². The van der Waals surface area contributed by atoms with Gasteiger partial charge in [-0.2, -0.15) is 0 Å². The Kier molecular flexibility index (Phi) is 8.96. The molecule has 1 saturated carbocycles. The number of methoxy groups -OCH3 is 1. The topological polar surface area (TPSA) is 103 Å². The van der Waals surface area contributed by atoms with Crippen LogP contribution in [0.4, 0.5) is 4.79 Å². The molecule has 0 aromatic heterocycles. The fourth-order valence-electron chi connectivity index (χ4n) is 4.20. The molecule has 8 heteroatoms. The fourth-order valence-corrected chi connectivity index (χ4v) is 4.20. The van der Waals surface area contributed by atoms with Gasteiger partial charge in [0.25, 0.3) is 0 Å². The van der Waals surface area contributed by atoms with E-state index in [0.717, 1.165) is 24.0 Å². The number of hydrogen-bond acceptors (Lipinski definition) is 6. The first-order chi connectivity index (χ1) is 17.1. The Morgan fingerprint density at radius 2 is 1.58 bits per heavy atom. The maximum atomic E-state index is 13.5. The molecule has 0 spiro atoms. The van der Waals surface area contributed by atoms with Crippen molar-refractivity contribution >= 4 is 18.0 Å². The van der Waals surface area contributed by atoms with E-state index in [1.165, 1.54) is 0 Å². The largest absolute Gasteiger partial charge is 0.497 e. The van der Waals surface area contributed by atoms with Crippen LogP contribution in [0, 0.1) is 0 Å². The number of amides is 2. The van der Waals surface area contributed by atoms with Crippen molar-refractivity contribution in [3.63, 3.8) is 0 Å². The summed E-state index contributed by atoms with van der Waals surface area (Å²) in [5, 5.41) is 5.65. The zero-order valence-electron chi connectivity index (χ0n) is 21.5. The van der Waals surface area contributed by atoms with Gasteiger partial charge in [0.2, 0.25) is 5.91 Å². The van der Waals surface area contributed by atoms with E-state index in [0.29, 0.717) is 18.6 Å². The summed E-state index contributed by atoms with van der Waals surface area (Å²) in [6, 6.07) is 15.7. The second kappa shape index (κ2) is 11.9. The van der Waals surface area contributed by atoms with E-state index >= 15 is 0 Å². The van der Waals surface area contributed by atoms with Gasteiger partial charge < -0.3 is 24.8 Å². The number of esters is 1. The first kappa shape index (κ1) is 27.0. The van der Waals surface area contributed by atoms with Crippen molar-refractivity contribution in [2.45, 2.75) is 76.7 Å². The van der Waals surface area contributed by atoms with Gasteiger partial charge in [0.15, 0.2) is 0 Å². The standard InChI is InChI=1S/C28H36N2O6/c1-27(2,3)36-26(33)30-28(16-8-9-17-28)25(32)29-23(18-20-12-14-22(34-4)15-13-20)24(31)35-19-21-10-6-5-7-11-21/h5-7,10-15,23H,8-9,16-19H2,1-4H3,(H,29,32)(H,30,33)/t23-/m0/s1. The van der Waals surface area contributed by atoms with E-state index in [2.05, 4.69) is 10.6 Å². The number of alkyl carbamates (subject to hydrolysis) is 1. The van der Waals surface area contributed by atoms with Crippen molar-refractivity contribution in [1.29, 1.82) is 0 Å². The van der Waals surface area contributed by atoms with Gasteiger partial charge in [-0.15, -0.1) is 0 Å². The van der Waals surface area contributed by atoms with Gasteiger partial charge in [-0.05, 0) is 56.9 Å². The number of rotatable bonds is 9. The molecule has 2 aromatic rings. The van der Waals surface area contributed by atoms with E-state index in [-0.39, 0.29) is 13.0 Å². The van der Waals surface area contributed by atoms with Crippen LogP contribution in [0.25, 0.3) is 0 Å². The quantitative estimate of drug-likeness (QED) is 0.502. The molecule has 3 rings (SSSR count). The Balaban J connectivity index is 1.76. The third-order valence-electron chi connectivity index (χ3n) is 6.04. The predicted molar refractivity (Wildman–Crippen MR) is 135 cm³/mol. The Labute approximate surface area is 212 Å². The average Bonchev–Trinajstić information content (AvgIpc) is 3.31. The monoisotopic (exact) mass is 496 g/mol. The van der Waals surface area contributed by atoms with Crippen LogP contribution in [0.15, 0.2) is 54.6 Å². The highest BCUT2D eigenvalue weighted by Gasteiger charge is 2.44. The van der Waals surface area contributed by atoms with Crippen LogP contribution in [0.5, 0.6) is 5.75 Å². The lowest BCUT2D eigenvalue weighted by molar-refractivity contribution is -0.149. The molecule has 0 aliphatic heterocycles. The fraction of sp³-hybridized carbons (Fsp3) is 0.464. The van der Waals surface area contributed by atoms with Gasteiger partial charge in [0.05, 0.1) is 7.11 Å². The number of hydrogen-bond donors (Lipinski definition) is 2. The minimum atomic E-state index is -1.14. The van der Waals surface area contributed by atoms with Crippen LogP contribution in [-0.2, 0) is 32.1 Å². The summed E-state index contributed by atoms with van der Waals surface area (Å²) >= 11 is 0. The van der Waals surface area contributed by atoms with E-state index < -0.39 is 35.2 Å². The zero-order valence-corrected chi connectivity index (χ0v) is 21.5. The average molecular weight is 497 g/mol. The van der Waals surface area contributed by atoms with E-state index in [1.54, 1.807) is 40.0 Å². The molecule has 2 N–H and O–H groups in total. The lowest BCUT2D eigenvalue weighted by atomic mass is 9.95. The molecule has 2 aromatic carbocycles. The van der Waals surface area contributed by atoms with Crippen molar-refractivity contribution in [2.24, 2.45) is 0 Å². The normalized spacial score (nSPS) is 15.4. The molecule has 1 aliphatic rings. The Bertz CT molecular complexity index is 1020. The Hall–Kier alpha value is -3.55. The molecule has 2 amide bonds. The summed E-state index contributed by atoms with van der Waals surface area (Å²) in [6.45, 7) is 5.39. The minimum absolute atomic E-state index is 0.0932. The summed E-state index contributed by atoms with van der Waals surface area (Å²) < 4.78 is 16.2. The van der Waals surface area contributed by atoms with Gasteiger partial charge in [-0.3, -0.25) is 4.79 Å². The van der Waals surface area contributed by atoms with Crippen LogP contribution in [0.3, 0.4) is 0 Å². The predicted octanol–water partition coefficient (Wildman–Crippen LogP) is 4.30. The summed E-state index contributed by atoms with van der Waals surface area (Å²) in [5.74, 6) is -0.271. The maximum Gasteiger partial charge on any atom is 0.408 e. The SMILES string of the molecule is COc1ccc(C[C@H](NC(=O)C2(NC(=O)OC(C)(C)C)CCCC2)C(=O)OCc2ccccc2)cc1. The third kappa shape index (κ3) is 7.73. The highest BCUT2D eigenvalue weighted by Crippen LogP contribution is 2.31. The lowest BCUT2D eigenvalue weighted by Gasteiger charge is -2.32. The van der Waals surface area contributed by atoms with Gasteiger partial charge in [0, 0.05) is 6.42 Å². The molecule has 194 valence electrons. The van der Waals surface area contributed by atoms with E-state index in [9.17, 15) is 14.4 Å². The summed E-state index contributed by atoms with van der Waals surface area (Å²) in [4.78, 5) is 39.2. The summed E-state index contributed by atoms with van der Waals surface area (Å²) in [5.41, 5.74) is -0.156. The number of carbonyl (C=O) groups is 3. The van der Waals surface area contributed by atoms with Gasteiger partial charge in [0.1, 0.15) is 29.5 Å². The summed E-state index contributed by atoms with van der Waals surface area (Å²) in [7, 11) is 1.58. The Morgan fingerprint density at radius 3 is 2.17 bits per heavy atom. The number of nitrogens with one attached hydrogen (secondary N) is 2. The first-order valence-electron chi connectivity index (χ1n) is 12.3. The molecule has 1 atom stereocenters. The highest BCUT2D eigenvalue weighted by molar-refractivity contribution is 5.93. The van der Waals surface area contributed by atoms with E-state index in [4.69, 9.17) is 14.2 Å². The van der Waals surface area contributed by atoms with Crippen molar-refractivity contribution in [3.8, 4) is 5.75 Å². The number of carbonyl (C=O) groups excluding carboxylic acids is 3. The smallest absolute Gasteiger partial charge is 0.408 e. The molecule has 0 bridgehead atoms. The molecular weight excluding hydrogens is 460 g/mol. The van der Waals surface area contributed by atoms with Gasteiger partial charge in [-0.1, -0.05) is 55.3 Å².